The molecule has 1 spiro atoms. The van der Waals surface area contributed by atoms with E-state index in [4.69, 9.17) is 0 Å². The minimum Gasteiger partial charge on any atom is -0.396 e. The predicted molar refractivity (Wildman–Crippen MR) is 166 cm³/mol. The van der Waals surface area contributed by atoms with Gasteiger partial charge >= 0.3 is 0 Å². The third-order valence-corrected chi connectivity index (χ3v) is 10.9. The average Bonchev–Trinajstić information content (AvgIpc) is 3.62. The molecule has 41 heavy (non-hydrogen) atoms. The minimum atomic E-state index is -0.683. The van der Waals surface area contributed by atoms with Crippen molar-refractivity contribution >= 4 is 45.9 Å². The van der Waals surface area contributed by atoms with Crippen LogP contribution in [0.4, 0.5) is 5.69 Å². The molecule has 0 saturated carbocycles. The fraction of sp³-hybridized carbons (Fsp3) is 0.485. The maximum atomic E-state index is 14.7. The number of fused-ring (bicyclic) bond motifs is 2. The Balaban J connectivity index is 1.54. The zero-order valence-corrected chi connectivity index (χ0v) is 24.7. The first-order valence-electron chi connectivity index (χ1n) is 14.8. The SMILES string of the molecule is C=CCN(CCC)C(=O)[C@@H]1[C@H]2C(=O)N(CCCCO)C(C(=O)N(CC=C)c3ccc4ccccc4c3)C23CC[C@H]1S3. The maximum Gasteiger partial charge on any atom is 0.251 e. The van der Waals surface area contributed by atoms with Crippen LogP contribution in [0.3, 0.4) is 0 Å². The van der Waals surface area contributed by atoms with Crippen LogP contribution in [0.5, 0.6) is 0 Å². The summed E-state index contributed by atoms with van der Waals surface area (Å²) in [5.41, 5.74) is 0.765. The first-order chi connectivity index (χ1) is 19.9. The van der Waals surface area contributed by atoms with Crippen LogP contribution in [0.1, 0.15) is 39.0 Å². The summed E-state index contributed by atoms with van der Waals surface area (Å²) >= 11 is 1.70. The Morgan fingerprint density at radius 2 is 1.85 bits per heavy atom. The number of hydrogen-bond acceptors (Lipinski definition) is 5. The molecule has 3 aliphatic heterocycles. The van der Waals surface area contributed by atoms with Gasteiger partial charge in [0.15, 0.2) is 0 Å². The zero-order chi connectivity index (χ0) is 29.1. The molecule has 7 nitrogen and oxygen atoms in total. The van der Waals surface area contributed by atoms with Crippen molar-refractivity contribution in [3.8, 4) is 0 Å². The smallest absolute Gasteiger partial charge is 0.251 e. The summed E-state index contributed by atoms with van der Waals surface area (Å²) in [7, 11) is 0. The highest BCUT2D eigenvalue weighted by Gasteiger charge is 2.74. The molecule has 5 atom stereocenters. The van der Waals surface area contributed by atoms with Crippen molar-refractivity contribution in [1.29, 1.82) is 0 Å². The first-order valence-corrected chi connectivity index (χ1v) is 15.7. The summed E-state index contributed by atoms with van der Waals surface area (Å²) in [5, 5.41) is 11.6. The van der Waals surface area contributed by atoms with Crippen LogP contribution in [0.25, 0.3) is 10.8 Å². The second-order valence-corrected chi connectivity index (χ2v) is 13.0. The molecule has 3 aliphatic rings. The molecular formula is C33H41N3O4S. The van der Waals surface area contributed by atoms with E-state index in [-0.39, 0.29) is 29.6 Å². The molecule has 218 valence electrons. The number of carbonyl (C=O) groups is 3. The molecule has 0 aromatic heterocycles. The summed E-state index contributed by atoms with van der Waals surface area (Å²) in [6, 6.07) is 13.3. The molecule has 3 amide bonds. The van der Waals surface area contributed by atoms with Crippen molar-refractivity contribution in [2.24, 2.45) is 11.8 Å². The standard InChI is InChI=1S/C33H41N3O4S/c1-4-17-34(18-5-2)30(38)27-26-15-16-33(41-26)28(27)31(39)36(20-9-10-21-37)29(33)32(40)35(19-6-3)25-14-13-23-11-7-8-12-24(23)22-25/h4,6-8,11-14,22,26-29,37H,1,3,5,9-10,15-21H2,2H3/t26-,27+,28+,29?,33?/m1/s1. The van der Waals surface area contributed by atoms with E-state index in [0.29, 0.717) is 39.0 Å². The van der Waals surface area contributed by atoms with Crippen LogP contribution in [-0.2, 0) is 14.4 Å². The first kappa shape index (κ1) is 29.4. The second kappa shape index (κ2) is 12.4. The van der Waals surface area contributed by atoms with E-state index in [9.17, 15) is 19.5 Å². The number of aliphatic hydroxyl groups is 1. The number of carbonyl (C=O) groups excluding carboxylic acids is 3. The molecule has 5 rings (SSSR count). The number of aliphatic hydroxyl groups excluding tert-OH is 1. The van der Waals surface area contributed by atoms with Crippen LogP contribution < -0.4 is 4.90 Å². The van der Waals surface area contributed by atoms with E-state index >= 15 is 0 Å². The molecule has 2 unspecified atom stereocenters. The number of amides is 3. The highest BCUT2D eigenvalue weighted by Crippen LogP contribution is 2.66. The van der Waals surface area contributed by atoms with Crippen LogP contribution in [0, 0.1) is 11.8 Å². The van der Waals surface area contributed by atoms with Gasteiger partial charge in [-0.2, -0.15) is 0 Å². The van der Waals surface area contributed by atoms with Gasteiger partial charge in [-0.25, -0.2) is 0 Å². The van der Waals surface area contributed by atoms with Crippen LogP contribution >= 0.6 is 11.8 Å². The van der Waals surface area contributed by atoms with Gasteiger partial charge in [-0.05, 0) is 55.0 Å². The summed E-state index contributed by atoms with van der Waals surface area (Å²) in [5.74, 6) is -1.20. The largest absolute Gasteiger partial charge is 0.396 e. The molecule has 3 heterocycles. The normalized spacial score (nSPS) is 26.3. The third-order valence-electron chi connectivity index (χ3n) is 8.90. The number of rotatable bonds is 13. The van der Waals surface area contributed by atoms with Gasteiger partial charge in [-0.1, -0.05) is 49.4 Å². The topological polar surface area (TPSA) is 81.2 Å². The van der Waals surface area contributed by atoms with E-state index in [1.165, 1.54) is 0 Å². The van der Waals surface area contributed by atoms with E-state index in [1.807, 2.05) is 54.3 Å². The van der Waals surface area contributed by atoms with Crippen LogP contribution in [-0.4, -0.2) is 81.5 Å². The molecule has 3 fully saturated rings. The second-order valence-electron chi connectivity index (χ2n) is 11.4. The lowest BCUT2D eigenvalue weighted by Crippen LogP contribution is -2.55. The van der Waals surface area contributed by atoms with E-state index in [2.05, 4.69) is 13.2 Å². The average molecular weight is 576 g/mol. The van der Waals surface area contributed by atoms with Gasteiger partial charge in [0, 0.05) is 43.7 Å². The van der Waals surface area contributed by atoms with Gasteiger partial charge in [-0.3, -0.25) is 14.4 Å². The molecule has 3 saturated heterocycles. The van der Waals surface area contributed by atoms with Crippen molar-refractivity contribution in [1.82, 2.24) is 9.80 Å². The predicted octanol–water partition coefficient (Wildman–Crippen LogP) is 4.65. The van der Waals surface area contributed by atoms with E-state index in [0.717, 1.165) is 35.7 Å². The quantitative estimate of drug-likeness (QED) is 0.278. The number of thioether (sulfide) groups is 1. The van der Waals surface area contributed by atoms with Crippen molar-refractivity contribution in [3.63, 3.8) is 0 Å². The summed E-state index contributed by atoms with van der Waals surface area (Å²) in [4.78, 5) is 48.3. The molecule has 0 aliphatic carbocycles. The highest BCUT2D eigenvalue weighted by atomic mass is 32.2. The Morgan fingerprint density at radius 3 is 2.56 bits per heavy atom. The Labute approximate surface area is 247 Å². The van der Waals surface area contributed by atoms with Crippen LogP contribution in [0.15, 0.2) is 67.8 Å². The lowest BCUT2D eigenvalue weighted by molar-refractivity contribution is -0.143. The Bertz CT molecular complexity index is 1330. The number of unbranched alkanes of at least 4 members (excludes halogenated alkanes) is 1. The van der Waals surface area contributed by atoms with Crippen molar-refractivity contribution in [2.75, 3.05) is 37.7 Å². The number of likely N-dealkylation sites (tertiary alicyclic amines) is 1. The third kappa shape index (κ3) is 5.10. The zero-order valence-electron chi connectivity index (χ0n) is 23.9. The molecule has 2 aromatic rings. The summed E-state index contributed by atoms with van der Waals surface area (Å²) < 4.78 is -0.652. The van der Waals surface area contributed by atoms with Gasteiger partial charge in [0.05, 0.1) is 16.6 Å². The lowest BCUT2D eigenvalue weighted by Gasteiger charge is -2.37. The fourth-order valence-electron chi connectivity index (χ4n) is 7.22. The van der Waals surface area contributed by atoms with Gasteiger partial charge in [0.2, 0.25) is 11.8 Å². The van der Waals surface area contributed by atoms with Crippen molar-refractivity contribution in [3.05, 3.63) is 67.8 Å². The monoisotopic (exact) mass is 575 g/mol. The molecule has 0 radical (unpaired) electrons. The minimum absolute atomic E-state index is 0.00468. The van der Waals surface area contributed by atoms with Gasteiger partial charge in [0.1, 0.15) is 6.04 Å². The van der Waals surface area contributed by atoms with E-state index < -0.39 is 22.6 Å². The fourth-order valence-corrected chi connectivity index (χ4v) is 9.43. The van der Waals surface area contributed by atoms with E-state index in [1.54, 1.807) is 33.7 Å². The van der Waals surface area contributed by atoms with Gasteiger partial charge in [0.25, 0.3) is 5.91 Å². The Kier molecular flexibility index (Phi) is 8.90. The number of hydrogen-bond donors (Lipinski definition) is 1. The Morgan fingerprint density at radius 1 is 1.10 bits per heavy atom. The number of anilines is 1. The summed E-state index contributed by atoms with van der Waals surface area (Å²) in [6.45, 7) is 11.6. The van der Waals surface area contributed by atoms with Gasteiger partial charge in [-0.15, -0.1) is 24.9 Å². The molecular weight excluding hydrogens is 534 g/mol. The van der Waals surface area contributed by atoms with Crippen molar-refractivity contribution < 1.29 is 19.5 Å². The molecule has 2 bridgehead atoms. The Hall–Kier alpha value is -3.10. The molecule has 8 heteroatoms. The lowest BCUT2D eigenvalue weighted by atomic mass is 9.70. The van der Waals surface area contributed by atoms with Gasteiger partial charge < -0.3 is 19.8 Å². The van der Waals surface area contributed by atoms with Crippen molar-refractivity contribution in [2.45, 2.75) is 55.1 Å². The van der Waals surface area contributed by atoms with Crippen LogP contribution in [0.2, 0.25) is 0 Å². The number of nitrogens with zero attached hydrogens (tertiary/aromatic N) is 3. The summed E-state index contributed by atoms with van der Waals surface area (Å²) in [6.07, 6.45) is 6.96. The highest BCUT2D eigenvalue weighted by molar-refractivity contribution is 8.02. The number of benzene rings is 2. The maximum absolute atomic E-state index is 14.7. The molecule has 2 aromatic carbocycles. The molecule has 1 N–H and O–H groups in total.